The Bertz CT molecular complexity index is 1710. The van der Waals surface area contributed by atoms with Crippen LogP contribution in [0.15, 0.2) is 60.9 Å². The summed E-state index contributed by atoms with van der Waals surface area (Å²) in [6, 6.07) is 16.4. The summed E-state index contributed by atoms with van der Waals surface area (Å²) in [5, 5.41) is 5.82. The summed E-state index contributed by atoms with van der Waals surface area (Å²) in [7, 11) is 2.18. The topological polar surface area (TPSA) is 80.8 Å². The SMILES string of the molecule is Cc1cccc(Cn2nc(C)c3c(CC(=O)c4cnc5cc(OCCN6CCN(C)[C@@H](C)C6)ccn45)cccc32)n1. The molecule has 41 heavy (non-hydrogen) atoms. The Morgan fingerprint density at radius 3 is 2.78 bits per heavy atom. The number of imidazole rings is 1. The number of rotatable bonds is 9. The molecule has 1 fully saturated rings. The number of likely N-dealkylation sites (N-methyl/N-ethyl adjacent to an activating group) is 1. The van der Waals surface area contributed by atoms with Gasteiger partial charge in [-0.2, -0.15) is 5.10 Å². The van der Waals surface area contributed by atoms with Gasteiger partial charge in [-0.05, 0) is 57.6 Å². The fraction of sp³-hybridized carbons (Fsp3) is 0.375. The molecule has 0 amide bonds. The van der Waals surface area contributed by atoms with Crippen LogP contribution >= 0.6 is 0 Å². The summed E-state index contributed by atoms with van der Waals surface area (Å²) in [6.07, 6.45) is 3.80. The Hall–Kier alpha value is -4.08. The summed E-state index contributed by atoms with van der Waals surface area (Å²) < 4.78 is 9.87. The zero-order valence-corrected chi connectivity index (χ0v) is 24.2. The molecule has 1 aromatic carbocycles. The van der Waals surface area contributed by atoms with Gasteiger partial charge in [-0.15, -0.1) is 0 Å². The number of aromatic nitrogens is 5. The molecule has 0 aliphatic carbocycles. The number of pyridine rings is 2. The van der Waals surface area contributed by atoms with Crippen LogP contribution in [0.2, 0.25) is 0 Å². The average molecular weight is 552 g/mol. The second kappa shape index (κ2) is 11.4. The molecule has 1 saturated heterocycles. The molecule has 212 valence electrons. The second-order valence-corrected chi connectivity index (χ2v) is 11.1. The standard InChI is InChI=1S/C32H37N7O2/c1-22-7-5-9-26(34-22)21-39-28-10-6-8-25(32(28)24(3)35-39)17-30(40)29-19-33-31-18-27(11-12-38(29)31)41-16-15-37-14-13-36(4)23(2)20-37/h5-12,18-19,23H,13-17,20-21H2,1-4H3/t23-/m0/s1. The Balaban J connectivity index is 1.15. The van der Waals surface area contributed by atoms with E-state index < -0.39 is 0 Å². The first-order valence-electron chi connectivity index (χ1n) is 14.3. The highest BCUT2D eigenvalue weighted by molar-refractivity contribution is 5.99. The monoisotopic (exact) mass is 551 g/mol. The maximum Gasteiger partial charge on any atom is 0.185 e. The van der Waals surface area contributed by atoms with E-state index in [4.69, 9.17) is 9.84 Å². The van der Waals surface area contributed by atoms with Gasteiger partial charge in [0.1, 0.15) is 23.7 Å². The number of carbonyl (C=O) groups is 1. The van der Waals surface area contributed by atoms with E-state index in [-0.39, 0.29) is 12.2 Å². The van der Waals surface area contributed by atoms with Crippen molar-refractivity contribution in [3.05, 3.63) is 89.3 Å². The third-order valence-electron chi connectivity index (χ3n) is 8.14. The largest absolute Gasteiger partial charge is 0.492 e. The molecule has 6 rings (SSSR count). The smallest absolute Gasteiger partial charge is 0.185 e. The molecule has 5 heterocycles. The summed E-state index contributed by atoms with van der Waals surface area (Å²) in [5.74, 6) is 0.774. The van der Waals surface area contributed by atoms with Gasteiger partial charge in [-0.3, -0.25) is 23.8 Å². The fourth-order valence-corrected chi connectivity index (χ4v) is 5.75. The van der Waals surface area contributed by atoms with E-state index >= 15 is 0 Å². The molecule has 0 bridgehead atoms. The van der Waals surface area contributed by atoms with Crippen LogP contribution < -0.4 is 4.74 Å². The van der Waals surface area contributed by atoms with E-state index in [1.165, 1.54) is 0 Å². The maximum atomic E-state index is 13.5. The summed E-state index contributed by atoms with van der Waals surface area (Å²) in [5.41, 5.74) is 6.06. The molecule has 0 N–H and O–H groups in total. The molecule has 4 aromatic heterocycles. The Morgan fingerprint density at radius 1 is 1.10 bits per heavy atom. The Morgan fingerprint density at radius 2 is 1.95 bits per heavy atom. The zero-order chi connectivity index (χ0) is 28.5. The molecule has 5 aromatic rings. The molecule has 0 radical (unpaired) electrons. The van der Waals surface area contributed by atoms with Gasteiger partial charge in [0.05, 0.1) is 29.6 Å². The van der Waals surface area contributed by atoms with Crippen LogP contribution in [-0.4, -0.2) is 85.6 Å². The molecular formula is C32H37N7O2. The molecule has 9 heteroatoms. The Labute approximate surface area is 240 Å². The number of Topliss-reactive ketones (excluding diaryl/α,β-unsaturated/α-hetero) is 1. The minimum absolute atomic E-state index is 0.00959. The van der Waals surface area contributed by atoms with Crippen molar-refractivity contribution in [2.75, 3.05) is 39.8 Å². The number of hydrogen-bond donors (Lipinski definition) is 0. The van der Waals surface area contributed by atoms with Crippen LogP contribution in [0.5, 0.6) is 5.75 Å². The predicted octanol–water partition coefficient (Wildman–Crippen LogP) is 4.18. The number of carbonyl (C=O) groups excluding carboxylic acids is 1. The van der Waals surface area contributed by atoms with Crippen molar-refractivity contribution in [3.63, 3.8) is 0 Å². The molecular weight excluding hydrogens is 514 g/mol. The van der Waals surface area contributed by atoms with Crippen molar-refractivity contribution >= 4 is 22.3 Å². The first-order valence-corrected chi connectivity index (χ1v) is 14.3. The van der Waals surface area contributed by atoms with Gasteiger partial charge in [0.2, 0.25) is 0 Å². The van der Waals surface area contributed by atoms with Gasteiger partial charge in [0.15, 0.2) is 5.78 Å². The highest BCUT2D eigenvalue weighted by Gasteiger charge is 2.21. The number of nitrogens with zero attached hydrogens (tertiary/aromatic N) is 7. The number of fused-ring (bicyclic) bond motifs is 2. The molecule has 1 aliphatic heterocycles. The normalized spacial score (nSPS) is 16.5. The van der Waals surface area contributed by atoms with E-state index in [9.17, 15) is 4.79 Å². The quantitative estimate of drug-likeness (QED) is 0.254. The van der Waals surface area contributed by atoms with Gasteiger partial charge in [-0.1, -0.05) is 18.2 Å². The summed E-state index contributed by atoms with van der Waals surface area (Å²) in [4.78, 5) is 27.5. The van der Waals surface area contributed by atoms with Gasteiger partial charge in [0, 0.05) is 62.0 Å². The summed E-state index contributed by atoms with van der Waals surface area (Å²) >= 11 is 0. The molecule has 0 unspecified atom stereocenters. The molecule has 0 spiro atoms. The van der Waals surface area contributed by atoms with Gasteiger partial charge in [-0.25, -0.2) is 4.98 Å². The lowest BCUT2D eigenvalue weighted by Crippen LogP contribution is -2.50. The van der Waals surface area contributed by atoms with Crippen LogP contribution in [0.25, 0.3) is 16.6 Å². The number of ketones is 1. The van der Waals surface area contributed by atoms with Crippen LogP contribution in [0.4, 0.5) is 0 Å². The predicted molar refractivity (Wildman–Crippen MR) is 160 cm³/mol. The van der Waals surface area contributed by atoms with E-state index in [0.717, 1.165) is 65.5 Å². The average Bonchev–Trinajstić information content (AvgIpc) is 3.52. The van der Waals surface area contributed by atoms with E-state index in [0.29, 0.717) is 30.5 Å². The van der Waals surface area contributed by atoms with Crippen molar-refractivity contribution in [2.24, 2.45) is 0 Å². The van der Waals surface area contributed by atoms with E-state index in [2.05, 4.69) is 39.8 Å². The highest BCUT2D eigenvalue weighted by atomic mass is 16.5. The van der Waals surface area contributed by atoms with Crippen molar-refractivity contribution < 1.29 is 9.53 Å². The van der Waals surface area contributed by atoms with E-state index in [1.54, 1.807) is 6.20 Å². The third-order valence-corrected chi connectivity index (χ3v) is 8.14. The molecule has 1 atom stereocenters. The van der Waals surface area contributed by atoms with Crippen molar-refractivity contribution in [3.8, 4) is 5.75 Å². The number of benzene rings is 1. The lowest BCUT2D eigenvalue weighted by Gasteiger charge is -2.37. The number of hydrogen-bond acceptors (Lipinski definition) is 7. The molecule has 1 aliphatic rings. The van der Waals surface area contributed by atoms with Crippen molar-refractivity contribution in [1.82, 2.24) is 33.9 Å². The number of aryl methyl sites for hydroxylation is 2. The highest BCUT2D eigenvalue weighted by Crippen LogP contribution is 2.25. The number of ether oxygens (including phenoxy) is 1. The first-order chi connectivity index (χ1) is 19.9. The van der Waals surface area contributed by atoms with Crippen LogP contribution in [-0.2, 0) is 13.0 Å². The first kappa shape index (κ1) is 27.1. The lowest BCUT2D eigenvalue weighted by atomic mass is 10.0. The summed E-state index contributed by atoms with van der Waals surface area (Å²) in [6.45, 7) is 11.5. The maximum absolute atomic E-state index is 13.5. The van der Waals surface area contributed by atoms with E-state index in [1.807, 2.05) is 71.6 Å². The van der Waals surface area contributed by atoms with Crippen LogP contribution in [0.3, 0.4) is 0 Å². The molecule has 9 nitrogen and oxygen atoms in total. The van der Waals surface area contributed by atoms with Gasteiger partial charge in [0.25, 0.3) is 0 Å². The third kappa shape index (κ3) is 5.73. The fourth-order valence-electron chi connectivity index (χ4n) is 5.75. The lowest BCUT2D eigenvalue weighted by molar-refractivity contribution is 0.0928. The van der Waals surface area contributed by atoms with Crippen molar-refractivity contribution in [2.45, 2.75) is 39.8 Å². The van der Waals surface area contributed by atoms with Crippen LogP contribution in [0.1, 0.15) is 40.1 Å². The minimum Gasteiger partial charge on any atom is -0.492 e. The molecule has 0 saturated carbocycles. The zero-order valence-electron chi connectivity index (χ0n) is 24.2. The Kier molecular flexibility index (Phi) is 7.55. The van der Waals surface area contributed by atoms with Crippen LogP contribution in [0, 0.1) is 13.8 Å². The van der Waals surface area contributed by atoms with Gasteiger partial charge >= 0.3 is 0 Å². The van der Waals surface area contributed by atoms with Gasteiger partial charge < -0.3 is 9.64 Å². The minimum atomic E-state index is 0.00959. The van der Waals surface area contributed by atoms with Crippen molar-refractivity contribution in [1.29, 1.82) is 0 Å². The number of piperazine rings is 1. The second-order valence-electron chi connectivity index (χ2n) is 11.1.